The number of nitrogens with zero attached hydrogens (tertiary/aromatic N) is 1. The maximum atomic E-state index is 13.9. The van der Waals surface area contributed by atoms with Gasteiger partial charge in [0.25, 0.3) is 5.91 Å². The first-order valence-electron chi connectivity index (χ1n) is 10.3. The number of aliphatic hydroxyl groups excluding tert-OH is 1. The van der Waals surface area contributed by atoms with Gasteiger partial charge in [-0.05, 0) is 50.1 Å². The van der Waals surface area contributed by atoms with Crippen LogP contribution in [0.15, 0.2) is 30.3 Å². The molecule has 3 heterocycles. The number of rotatable bonds is 6. The van der Waals surface area contributed by atoms with E-state index in [9.17, 15) is 19.4 Å². The van der Waals surface area contributed by atoms with E-state index >= 15 is 0 Å². The molecule has 2 unspecified atom stereocenters. The largest absolute Gasteiger partial charge is 0.492 e. The lowest BCUT2D eigenvalue weighted by atomic mass is 9.97. The summed E-state index contributed by atoms with van der Waals surface area (Å²) in [6.07, 6.45) is 2.89. The summed E-state index contributed by atoms with van der Waals surface area (Å²) in [5.41, 5.74) is 2.37. The Morgan fingerprint density at radius 3 is 2.81 bits per heavy atom. The maximum Gasteiger partial charge on any atom is 0.268 e. The van der Waals surface area contributed by atoms with Crippen LogP contribution in [0, 0.1) is 12.7 Å². The zero-order chi connectivity index (χ0) is 22.0. The zero-order valence-corrected chi connectivity index (χ0v) is 17.2. The van der Waals surface area contributed by atoms with Crippen molar-refractivity contribution in [3.63, 3.8) is 0 Å². The van der Waals surface area contributed by atoms with E-state index in [1.54, 1.807) is 31.2 Å². The van der Waals surface area contributed by atoms with Crippen LogP contribution in [-0.2, 0) is 6.61 Å². The fourth-order valence-electron chi connectivity index (χ4n) is 3.88. The van der Waals surface area contributed by atoms with Crippen LogP contribution in [0.1, 0.15) is 52.9 Å². The molecule has 0 aliphatic carbocycles. The van der Waals surface area contributed by atoms with Crippen LogP contribution in [-0.4, -0.2) is 43.7 Å². The van der Waals surface area contributed by atoms with Crippen molar-refractivity contribution in [2.45, 2.75) is 44.9 Å². The summed E-state index contributed by atoms with van der Waals surface area (Å²) >= 11 is 0. The summed E-state index contributed by atoms with van der Waals surface area (Å²) in [4.78, 5) is 23.1. The Balaban J connectivity index is 1.57. The quantitative estimate of drug-likeness (QED) is 0.361. The van der Waals surface area contributed by atoms with Crippen molar-refractivity contribution >= 4 is 5.91 Å². The molecule has 1 aliphatic rings. The molecule has 9 heteroatoms. The van der Waals surface area contributed by atoms with Gasteiger partial charge in [-0.2, -0.15) is 4.98 Å². The number of H-pyrrole nitrogens is 2. The first-order chi connectivity index (χ1) is 15.0. The fraction of sp³-hybridized carbons (Fsp3) is 0.364. The third-order valence-corrected chi connectivity index (χ3v) is 5.68. The highest BCUT2D eigenvalue weighted by molar-refractivity contribution is 5.93. The van der Waals surface area contributed by atoms with Crippen molar-refractivity contribution in [3.05, 3.63) is 58.9 Å². The SMILES string of the molecule is Cc1ccc(-c2ccc(C(=O)NC(c3nc(O)c(CO)[nH]3)C3CCCCN3)[nH]2)cc1F. The molecule has 0 bridgehead atoms. The van der Waals surface area contributed by atoms with Gasteiger partial charge < -0.3 is 30.8 Å². The van der Waals surface area contributed by atoms with Crippen molar-refractivity contribution in [2.75, 3.05) is 6.54 Å². The number of aromatic nitrogens is 3. The average molecular weight is 427 g/mol. The predicted octanol–water partition coefficient (Wildman–Crippen LogP) is 2.66. The van der Waals surface area contributed by atoms with Gasteiger partial charge in [-0.15, -0.1) is 0 Å². The summed E-state index contributed by atoms with van der Waals surface area (Å²) in [6, 6.07) is 7.70. The highest BCUT2D eigenvalue weighted by Gasteiger charge is 2.30. The topological polar surface area (TPSA) is 126 Å². The number of aromatic hydroxyl groups is 1. The number of amides is 1. The number of imidazole rings is 1. The minimum absolute atomic E-state index is 0.0737. The monoisotopic (exact) mass is 427 g/mol. The highest BCUT2D eigenvalue weighted by Crippen LogP contribution is 2.26. The fourth-order valence-corrected chi connectivity index (χ4v) is 3.88. The number of aromatic amines is 2. The molecule has 1 saturated heterocycles. The first-order valence-corrected chi connectivity index (χ1v) is 10.3. The molecule has 3 aromatic rings. The molecule has 6 N–H and O–H groups in total. The van der Waals surface area contributed by atoms with Gasteiger partial charge in [0.15, 0.2) is 0 Å². The highest BCUT2D eigenvalue weighted by atomic mass is 19.1. The molecule has 8 nitrogen and oxygen atoms in total. The van der Waals surface area contributed by atoms with E-state index in [1.165, 1.54) is 6.07 Å². The minimum atomic E-state index is -0.525. The van der Waals surface area contributed by atoms with E-state index < -0.39 is 6.04 Å². The Labute approximate surface area is 178 Å². The molecule has 2 atom stereocenters. The molecular weight excluding hydrogens is 401 g/mol. The van der Waals surface area contributed by atoms with E-state index in [1.807, 2.05) is 0 Å². The van der Waals surface area contributed by atoms with Gasteiger partial charge in [0.1, 0.15) is 29.1 Å². The molecule has 2 aromatic heterocycles. The van der Waals surface area contributed by atoms with Crippen LogP contribution in [0.3, 0.4) is 0 Å². The summed E-state index contributed by atoms with van der Waals surface area (Å²) < 4.78 is 13.9. The Bertz CT molecular complexity index is 1070. The lowest BCUT2D eigenvalue weighted by molar-refractivity contribution is 0.0915. The second-order valence-corrected chi connectivity index (χ2v) is 7.84. The number of hydrogen-bond acceptors (Lipinski definition) is 5. The predicted molar refractivity (Wildman–Crippen MR) is 113 cm³/mol. The molecule has 0 saturated carbocycles. The van der Waals surface area contributed by atoms with Crippen LogP contribution >= 0.6 is 0 Å². The van der Waals surface area contributed by atoms with Gasteiger partial charge in [0.05, 0.1) is 6.61 Å². The normalized spacial score (nSPS) is 17.5. The number of carbonyl (C=O) groups is 1. The number of benzene rings is 1. The smallest absolute Gasteiger partial charge is 0.268 e. The van der Waals surface area contributed by atoms with Gasteiger partial charge in [0.2, 0.25) is 5.88 Å². The third-order valence-electron chi connectivity index (χ3n) is 5.68. The lowest BCUT2D eigenvalue weighted by Gasteiger charge is -2.30. The van der Waals surface area contributed by atoms with Crippen LogP contribution in [0.4, 0.5) is 4.39 Å². The summed E-state index contributed by atoms with van der Waals surface area (Å²) in [7, 11) is 0. The molecule has 1 aliphatic heterocycles. The molecule has 1 amide bonds. The number of carbonyl (C=O) groups excluding carboxylic acids is 1. The second-order valence-electron chi connectivity index (χ2n) is 7.84. The molecule has 164 valence electrons. The van der Waals surface area contributed by atoms with E-state index in [0.717, 1.165) is 25.8 Å². The van der Waals surface area contributed by atoms with E-state index in [4.69, 9.17) is 0 Å². The number of piperidine rings is 1. The lowest BCUT2D eigenvalue weighted by Crippen LogP contribution is -2.46. The molecule has 0 radical (unpaired) electrons. The molecule has 0 spiro atoms. The average Bonchev–Trinajstić information content (AvgIpc) is 3.41. The Morgan fingerprint density at radius 1 is 1.29 bits per heavy atom. The van der Waals surface area contributed by atoms with Crippen molar-refractivity contribution in [1.82, 2.24) is 25.6 Å². The van der Waals surface area contributed by atoms with Crippen molar-refractivity contribution in [1.29, 1.82) is 0 Å². The van der Waals surface area contributed by atoms with Crippen LogP contribution in [0.5, 0.6) is 5.88 Å². The van der Waals surface area contributed by atoms with Crippen LogP contribution < -0.4 is 10.6 Å². The Kier molecular flexibility index (Phi) is 6.06. The van der Waals surface area contributed by atoms with Gasteiger partial charge in [-0.25, -0.2) is 4.39 Å². The first kappa shape index (κ1) is 21.1. The minimum Gasteiger partial charge on any atom is -0.492 e. The number of aryl methyl sites for hydroxylation is 1. The van der Waals surface area contributed by atoms with E-state index in [0.29, 0.717) is 28.3 Å². The Hall–Kier alpha value is -3.17. The second kappa shape index (κ2) is 8.91. The van der Waals surface area contributed by atoms with E-state index in [-0.39, 0.29) is 35.9 Å². The van der Waals surface area contributed by atoms with Gasteiger partial charge >= 0.3 is 0 Å². The standard InChI is InChI=1S/C22H26FN5O3/c1-12-5-6-13(10-14(12)23)15-7-8-17(25-15)21(30)27-19(16-4-2-3-9-24-16)20-26-18(11-29)22(31)28-20/h5-8,10,16,19,24-25,29,31H,2-4,9,11H2,1H3,(H,26,28)(H,27,30). The van der Waals surface area contributed by atoms with Gasteiger partial charge in [-0.3, -0.25) is 4.79 Å². The molecule has 1 fully saturated rings. The number of halogens is 1. The van der Waals surface area contributed by atoms with Gasteiger partial charge in [-0.1, -0.05) is 18.6 Å². The summed E-state index contributed by atoms with van der Waals surface area (Å²) in [5, 5.41) is 25.7. The van der Waals surface area contributed by atoms with Crippen molar-refractivity contribution in [3.8, 4) is 17.1 Å². The van der Waals surface area contributed by atoms with Crippen LogP contribution in [0.2, 0.25) is 0 Å². The zero-order valence-electron chi connectivity index (χ0n) is 17.2. The summed E-state index contributed by atoms with van der Waals surface area (Å²) in [6.45, 7) is 2.13. The number of hydrogen-bond donors (Lipinski definition) is 6. The van der Waals surface area contributed by atoms with E-state index in [2.05, 4.69) is 25.6 Å². The number of aliphatic hydroxyl groups is 1. The molecular formula is C22H26FN5O3. The van der Waals surface area contributed by atoms with Crippen molar-refractivity contribution in [2.24, 2.45) is 0 Å². The molecule has 31 heavy (non-hydrogen) atoms. The molecule has 4 rings (SSSR count). The number of nitrogens with one attached hydrogen (secondary N) is 4. The molecule has 1 aromatic carbocycles. The van der Waals surface area contributed by atoms with Gasteiger partial charge in [0, 0.05) is 17.3 Å². The van der Waals surface area contributed by atoms with Crippen LogP contribution in [0.25, 0.3) is 11.3 Å². The Morgan fingerprint density at radius 2 is 2.13 bits per heavy atom. The maximum absolute atomic E-state index is 13.9. The third kappa shape index (κ3) is 4.47. The van der Waals surface area contributed by atoms with Crippen molar-refractivity contribution < 1.29 is 19.4 Å². The summed E-state index contributed by atoms with van der Waals surface area (Å²) in [5.74, 6) is -0.561.